The van der Waals surface area contributed by atoms with E-state index in [0.29, 0.717) is 11.5 Å². The molecular weight excluding hydrogens is 260 g/mol. The van der Waals surface area contributed by atoms with Gasteiger partial charge in [0.2, 0.25) is 0 Å². The van der Waals surface area contributed by atoms with Crippen LogP contribution in [-0.4, -0.2) is 17.7 Å². The smallest absolute Gasteiger partial charge is 0.348 e. The van der Waals surface area contributed by atoms with E-state index >= 15 is 0 Å². The van der Waals surface area contributed by atoms with Gasteiger partial charge < -0.3 is 9.84 Å². The largest absolute Gasteiger partial charge is 0.506 e. The van der Waals surface area contributed by atoms with E-state index in [-0.39, 0.29) is 16.7 Å². The lowest BCUT2D eigenvalue weighted by molar-refractivity contribution is 0.0531. The monoisotopic (exact) mass is 270 g/mol. The van der Waals surface area contributed by atoms with Crippen LogP contribution in [0.25, 0.3) is 10.1 Å². The quantitative estimate of drug-likeness (QED) is 0.846. The molecule has 0 spiro atoms. The number of hydrogen-bond donors (Lipinski definition) is 1. The highest BCUT2D eigenvalue weighted by atomic mass is 35.5. The van der Waals surface area contributed by atoms with Gasteiger partial charge in [0.25, 0.3) is 0 Å². The number of halogens is 1. The van der Waals surface area contributed by atoms with Crippen LogP contribution in [0, 0.1) is 6.92 Å². The van der Waals surface area contributed by atoms with Crippen molar-refractivity contribution in [1.82, 2.24) is 0 Å². The molecule has 0 amide bonds. The summed E-state index contributed by atoms with van der Waals surface area (Å²) in [5.41, 5.74) is 0.815. The highest BCUT2D eigenvalue weighted by Crippen LogP contribution is 2.37. The predicted octanol–water partition coefficient (Wildman–Crippen LogP) is 3.75. The first-order valence-corrected chi connectivity index (χ1v) is 6.32. The van der Waals surface area contributed by atoms with Crippen molar-refractivity contribution in [1.29, 1.82) is 0 Å². The molecule has 5 heteroatoms. The van der Waals surface area contributed by atoms with Gasteiger partial charge >= 0.3 is 5.97 Å². The molecule has 0 bridgehead atoms. The first-order valence-electron chi connectivity index (χ1n) is 5.13. The minimum Gasteiger partial charge on any atom is -0.506 e. The normalized spacial score (nSPS) is 10.8. The minimum atomic E-state index is -0.332. The van der Waals surface area contributed by atoms with Crippen LogP contribution in [0.5, 0.6) is 5.75 Å². The van der Waals surface area contributed by atoms with Crippen LogP contribution >= 0.6 is 22.9 Å². The second kappa shape index (κ2) is 4.55. The molecular formula is C12H11ClO3S. The Hall–Kier alpha value is -1.26. The van der Waals surface area contributed by atoms with E-state index in [9.17, 15) is 9.90 Å². The van der Waals surface area contributed by atoms with Gasteiger partial charge in [-0.3, -0.25) is 0 Å². The van der Waals surface area contributed by atoms with E-state index in [1.807, 2.05) is 6.92 Å². The Morgan fingerprint density at radius 2 is 2.24 bits per heavy atom. The van der Waals surface area contributed by atoms with Gasteiger partial charge in [-0.05, 0) is 31.5 Å². The standard InChI is InChI=1S/C12H11ClO3S/c1-3-16-12(15)11-6(2)7-4-9(14)8(13)5-10(7)17-11/h4-5,14H,3H2,1-2H3. The molecule has 2 aromatic rings. The summed E-state index contributed by atoms with van der Waals surface area (Å²) < 4.78 is 5.84. The van der Waals surface area contributed by atoms with Crippen LogP contribution < -0.4 is 0 Å². The van der Waals surface area contributed by atoms with Gasteiger partial charge in [-0.15, -0.1) is 11.3 Å². The van der Waals surface area contributed by atoms with Gasteiger partial charge in [-0.25, -0.2) is 4.79 Å². The number of benzene rings is 1. The van der Waals surface area contributed by atoms with E-state index in [1.165, 1.54) is 11.3 Å². The average Bonchev–Trinajstić information content (AvgIpc) is 2.58. The molecule has 0 saturated heterocycles. The number of ether oxygens (including phenoxy) is 1. The molecule has 3 nitrogen and oxygen atoms in total. The Morgan fingerprint density at radius 1 is 1.53 bits per heavy atom. The fourth-order valence-corrected chi connectivity index (χ4v) is 2.97. The summed E-state index contributed by atoms with van der Waals surface area (Å²) in [5.74, 6) is -0.308. The maximum absolute atomic E-state index is 11.7. The zero-order valence-corrected chi connectivity index (χ0v) is 11.0. The first-order chi connectivity index (χ1) is 8.04. The second-order valence-electron chi connectivity index (χ2n) is 3.58. The molecule has 0 aliphatic rings. The lowest BCUT2D eigenvalue weighted by atomic mass is 10.1. The molecule has 0 atom stereocenters. The maximum atomic E-state index is 11.7. The molecule has 2 rings (SSSR count). The number of thiophene rings is 1. The highest BCUT2D eigenvalue weighted by Gasteiger charge is 2.17. The summed E-state index contributed by atoms with van der Waals surface area (Å²) in [6.45, 7) is 3.94. The van der Waals surface area contributed by atoms with Crippen LogP contribution in [0.4, 0.5) is 0 Å². The molecule has 1 aromatic carbocycles. The molecule has 17 heavy (non-hydrogen) atoms. The van der Waals surface area contributed by atoms with Crippen molar-refractivity contribution in [2.45, 2.75) is 13.8 Å². The third-order valence-electron chi connectivity index (χ3n) is 2.47. The van der Waals surface area contributed by atoms with E-state index < -0.39 is 0 Å². The Bertz CT molecular complexity index is 589. The van der Waals surface area contributed by atoms with Gasteiger partial charge in [0.15, 0.2) is 0 Å². The Morgan fingerprint density at radius 3 is 2.88 bits per heavy atom. The van der Waals surface area contributed by atoms with E-state index in [1.54, 1.807) is 19.1 Å². The van der Waals surface area contributed by atoms with Gasteiger partial charge in [0.05, 0.1) is 11.6 Å². The number of aromatic hydroxyl groups is 1. The van der Waals surface area contributed by atoms with Gasteiger partial charge in [-0.2, -0.15) is 0 Å². The van der Waals surface area contributed by atoms with Crippen molar-refractivity contribution in [2.24, 2.45) is 0 Å². The number of phenolic OH excluding ortho intramolecular Hbond substituents is 1. The van der Waals surface area contributed by atoms with E-state index in [4.69, 9.17) is 16.3 Å². The molecule has 0 aliphatic carbocycles. The second-order valence-corrected chi connectivity index (χ2v) is 5.04. The number of carbonyl (C=O) groups is 1. The van der Waals surface area contributed by atoms with Crippen molar-refractivity contribution in [3.63, 3.8) is 0 Å². The number of hydrogen-bond acceptors (Lipinski definition) is 4. The molecule has 0 aliphatic heterocycles. The lowest BCUT2D eigenvalue weighted by Gasteiger charge is -1.99. The van der Waals surface area contributed by atoms with Gasteiger partial charge in [-0.1, -0.05) is 11.6 Å². The summed E-state index contributed by atoms with van der Waals surface area (Å²) >= 11 is 7.16. The van der Waals surface area contributed by atoms with Crippen molar-refractivity contribution in [3.8, 4) is 5.75 Å². The first kappa shape index (κ1) is 12.2. The summed E-state index contributed by atoms with van der Waals surface area (Å²) in [7, 11) is 0. The highest BCUT2D eigenvalue weighted by molar-refractivity contribution is 7.21. The fourth-order valence-electron chi connectivity index (χ4n) is 1.62. The van der Waals surface area contributed by atoms with Crippen LogP contribution in [0.1, 0.15) is 22.2 Å². The third-order valence-corrected chi connectivity index (χ3v) is 4.00. The fraction of sp³-hybridized carbons (Fsp3) is 0.250. The van der Waals surface area contributed by atoms with Crippen molar-refractivity contribution >= 4 is 39.0 Å². The van der Waals surface area contributed by atoms with Crippen LogP contribution in [-0.2, 0) is 4.74 Å². The topological polar surface area (TPSA) is 46.5 Å². The van der Waals surface area contributed by atoms with Crippen LogP contribution in [0.2, 0.25) is 5.02 Å². The van der Waals surface area contributed by atoms with Crippen molar-refractivity contribution in [2.75, 3.05) is 6.61 Å². The van der Waals surface area contributed by atoms with E-state index in [0.717, 1.165) is 15.6 Å². The number of carbonyl (C=O) groups excluding carboxylic acids is 1. The lowest BCUT2D eigenvalue weighted by Crippen LogP contribution is -2.03. The molecule has 0 radical (unpaired) electrons. The number of phenols is 1. The number of aryl methyl sites for hydroxylation is 1. The molecule has 90 valence electrons. The maximum Gasteiger partial charge on any atom is 0.348 e. The zero-order valence-electron chi connectivity index (χ0n) is 9.41. The van der Waals surface area contributed by atoms with Gasteiger partial charge in [0.1, 0.15) is 10.6 Å². The minimum absolute atomic E-state index is 0.0236. The number of fused-ring (bicyclic) bond motifs is 1. The molecule has 1 heterocycles. The van der Waals surface area contributed by atoms with Crippen molar-refractivity contribution < 1.29 is 14.6 Å². The Kier molecular flexibility index (Phi) is 3.26. The summed E-state index contributed by atoms with van der Waals surface area (Å²) in [6, 6.07) is 3.23. The molecule has 0 fully saturated rings. The summed E-state index contributed by atoms with van der Waals surface area (Å²) in [5, 5.41) is 10.7. The molecule has 1 aromatic heterocycles. The number of esters is 1. The molecule has 1 N–H and O–H groups in total. The number of rotatable bonds is 2. The molecule has 0 saturated carbocycles. The van der Waals surface area contributed by atoms with E-state index in [2.05, 4.69) is 0 Å². The summed E-state index contributed by atoms with van der Waals surface area (Å²) in [6.07, 6.45) is 0. The van der Waals surface area contributed by atoms with Crippen molar-refractivity contribution in [3.05, 3.63) is 27.6 Å². The third kappa shape index (κ3) is 2.10. The Balaban J connectivity index is 2.60. The van der Waals surface area contributed by atoms with Crippen LogP contribution in [0.15, 0.2) is 12.1 Å². The zero-order chi connectivity index (χ0) is 12.6. The SMILES string of the molecule is CCOC(=O)c1sc2cc(Cl)c(O)cc2c1C. The predicted molar refractivity (Wildman–Crippen MR) is 69.2 cm³/mol. The Labute approximate surface area is 108 Å². The molecule has 0 unspecified atom stereocenters. The average molecular weight is 271 g/mol. The van der Waals surface area contributed by atoms with Gasteiger partial charge in [0, 0.05) is 10.1 Å². The summed E-state index contributed by atoms with van der Waals surface area (Å²) in [4.78, 5) is 12.3. The van der Waals surface area contributed by atoms with Crippen LogP contribution in [0.3, 0.4) is 0 Å².